The molecule has 0 radical (unpaired) electrons. The van der Waals surface area contributed by atoms with Crippen LogP contribution in [-0.2, 0) is 9.53 Å². The number of aromatic nitrogens is 5. The van der Waals surface area contributed by atoms with E-state index in [4.69, 9.17) is 4.74 Å². The number of morpholine rings is 1. The maximum atomic E-state index is 12.9. The number of H-pyrrole nitrogens is 1. The monoisotopic (exact) mass is 623 g/mol. The molecule has 7 rings (SSSR count). The summed E-state index contributed by atoms with van der Waals surface area (Å²) in [7, 11) is 0. The van der Waals surface area contributed by atoms with Gasteiger partial charge in [-0.3, -0.25) is 9.69 Å². The first-order valence-electron chi connectivity index (χ1n) is 16.1. The van der Waals surface area contributed by atoms with Crippen LogP contribution in [-0.4, -0.2) is 105 Å². The average molecular weight is 624 g/mol. The van der Waals surface area contributed by atoms with Gasteiger partial charge in [0.1, 0.15) is 23.9 Å². The lowest BCUT2D eigenvalue weighted by atomic mass is 9.90. The third-order valence-electron chi connectivity index (χ3n) is 9.31. The molecule has 12 heteroatoms. The quantitative estimate of drug-likeness (QED) is 0.239. The first kappa shape index (κ1) is 30.3. The predicted molar refractivity (Wildman–Crippen MR) is 177 cm³/mol. The third kappa shape index (κ3) is 6.33. The second kappa shape index (κ2) is 12.8. The molecule has 3 fully saturated rings. The minimum absolute atomic E-state index is 0.0855. The molecule has 4 aromatic rings. The Bertz CT molecular complexity index is 1700. The Labute approximate surface area is 268 Å². The Kier molecular flexibility index (Phi) is 8.41. The SMILES string of the molecule is C=C(CN1CCC1)C(=O)N[C@]1(C)CCCN(c2ncc(C(O)c3ccc(-c4cc5c(N6CCOCC6)ncnc5[nH]4)cc3)cn2)C1. The van der Waals surface area contributed by atoms with Crippen LogP contribution in [0.1, 0.15) is 43.4 Å². The summed E-state index contributed by atoms with van der Waals surface area (Å²) in [5.41, 5.74) is 4.27. The van der Waals surface area contributed by atoms with Crippen LogP contribution in [0.15, 0.2) is 61.2 Å². The molecule has 0 aliphatic carbocycles. The number of nitrogens with zero attached hydrogens (tertiary/aromatic N) is 7. The van der Waals surface area contributed by atoms with Crippen LogP contribution in [0.5, 0.6) is 0 Å². The molecule has 0 spiro atoms. The highest BCUT2D eigenvalue weighted by Crippen LogP contribution is 2.31. The number of carbonyl (C=O) groups excluding carboxylic acids is 1. The highest BCUT2D eigenvalue weighted by Gasteiger charge is 2.34. The van der Waals surface area contributed by atoms with Gasteiger partial charge in [-0.15, -0.1) is 0 Å². The van der Waals surface area contributed by atoms with E-state index in [0.29, 0.717) is 43.4 Å². The molecule has 6 heterocycles. The minimum atomic E-state index is -0.868. The Hall–Kier alpha value is -4.39. The van der Waals surface area contributed by atoms with Gasteiger partial charge in [0.2, 0.25) is 11.9 Å². The van der Waals surface area contributed by atoms with Crippen molar-refractivity contribution in [1.82, 2.24) is 35.1 Å². The van der Waals surface area contributed by atoms with Gasteiger partial charge >= 0.3 is 0 Å². The van der Waals surface area contributed by atoms with Gasteiger partial charge in [-0.1, -0.05) is 30.8 Å². The van der Waals surface area contributed by atoms with Gasteiger partial charge in [-0.05, 0) is 56.5 Å². The van der Waals surface area contributed by atoms with E-state index in [1.165, 1.54) is 6.42 Å². The molecule has 3 N–H and O–H groups in total. The molecule has 3 saturated heterocycles. The Morgan fingerprint density at radius 1 is 1.02 bits per heavy atom. The number of nitrogens with one attached hydrogen (secondary N) is 2. The van der Waals surface area contributed by atoms with Gasteiger partial charge in [0, 0.05) is 61.9 Å². The summed E-state index contributed by atoms with van der Waals surface area (Å²) in [6.45, 7) is 13.2. The number of rotatable bonds is 9. The first-order valence-corrected chi connectivity index (χ1v) is 16.1. The van der Waals surface area contributed by atoms with Crippen LogP contribution >= 0.6 is 0 Å². The van der Waals surface area contributed by atoms with Crippen LogP contribution < -0.4 is 15.1 Å². The van der Waals surface area contributed by atoms with Crippen LogP contribution in [0.4, 0.5) is 11.8 Å². The molecule has 2 atom stereocenters. The number of anilines is 2. The van der Waals surface area contributed by atoms with Crippen molar-refractivity contribution in [1.29, 1.82) is 0 Å². The zero-order valence-electron chi connectivity index (χ0n) is 26.3. The highest BCUT2D eigenvalue weighted by molar-refractivity contribution is 5.94. The molecule has 1 unspecified atom stereocenters. The van der Waals surface area contributed by atoms with Crippen molar-refractivity contribution in [2.45, 2.75) is 37.8 Å². The van der Waals surface area contributed by atoms with Crippen molar-refractivity contribution in [3.63, 3.8) is 0 Å². The van der Waals surface area contributed by atoms with E-state index in [2.05, 4.69) is 64.5 Å². The molecular formula is C34H41N9O3. The number of carbonyl (C=O) groups is 1. The van der Waals surface area contributed by atoms with Crippen LogP contribution in [0.3, 0.4) is 0 Å². The fourth-order valence-electron chi connectivity index (χ4n) is 6.54. The number of hydrogen-bond acceptors (Lipinski definition) is 10. The number of hydrogen-bond donors (Lipinski definition) is 3. The number of aliphatic hydroxyl groups is 1. The second-order valence-corrected chi connectivity index (χ2v) is 12.9. The molecule has 1 amide bonds. The molecule has 3 aliphatic rings. The van der Waals surface area contributed by atoms with Crippen LogP contribution in [0.25, 0.3) is 22.3 Å². The number of aliphatic hydroxyl groups excluding tert-OH is 1. The maximum absolute atomic E-state index is 12.9. The van der Waals surface area contributed by atoms with Gasteiger partial charge in [0.05, 0.1) is 24.1 Å². The fraction of sp³-hybridized carbons (Fsp3) is 0.441. The van der Waals surface area contributed by atoms with E-state index >= 15 is 0 Å². The van der Waals surface area contributed by atoms with E-state index in [9.17, 15) is 9.90 Å². The predicted octanol–water partition coefficient (Wildman–Crippen LogP) is 3.07. The Balaban J connectivity index is 0.997. The van der Waals surface area contributed by atoms with Gasteiger partial charge in [-0.2, -0.15) is 0 Å². The van der Waals surface area contributed by atoms with E-state index in [1.54, 1.807) is 18.7 Å². The highest BCUT2D eigenvalue weighted by atomic mass is 16.5. The maximum Gasteiger partial charge on any atom is 0.248 e. The van der Waals surface area contributed by atoms with Gasteiger partial charge in [0.25, 0.3) is 0 Å². The van der Waals surface area contributed by atoms with E-state index in [-0.39, 0.29) is 5.91 Å². The molecule has 1 aromatic carbocycles. The van der Waals surface area contributed by atoms with E-state index in [0.717, 1.165) is 79.2 Å². The van der Waals surface area contributed by atoms with Crippen molar-refractivity contribution >= 4 is 28.7 Å². The molecule has 46 heavy (non-hydrogen) atoms. The molecule has 3 aromatic heterocycles. The smallest absolute Gasteiger partial charge is 0.248 e. The van der Waals surface area contributed by atoms with Crippen molar-refractivity contribution in [2.24, 2.45) is 0 Å². The zero-order valence-corrected chi connectivity index (χ0v) is 26.3. The van der Waals surface area contributed by atoms with Gasteiger partial charge in [-0.25, -0.2) is 19.9 Å². The van der Waals surface area contributed by atoms with Gasteiger partial charge in [0.15, 0.2) is 0 Å². The number of aromatic amines is 1. The molecule has 240 valence electrons. The minimum Gasteiger partial charge on any atom is -0.384 e. The molecular weight excluding hydrogens is 582 g/mol. The van der Waals surface area contributed by atoms with Crippen molar-refractivity contribution in [3.05, 3.63) is 72.3 Å². The number of ether oxygens (including phenoxy) is 1. The number of amides is 1. The normalized spacial score (nSPS) is 21.2. The Morgan fingerprint density at radius 3 is 2.50 bits per heavy atom. The number of fused-ring (bicyclic) bond motifs is 1. The Morgan fingerprint density at radius 2 is 1.78 bits per heavy atom. The number of benzene rings is 1. The summed E-state index contributed by atoms with van der Waals surface area (Å²) in [4.78, 5) is 41.1. The lowest BCUT2D eigenvalue weighted by Crippen LogP contribution is -2.58. The summed E-state index contributed by atoms with van der Waals surface area (Å²) in [5.74, 6) is 1.41. The summed E-state index contributed by atoms with van der Waals surface area (Å²) in [6, 6.07) is 9.90. The van der Waals surface area contributed by atoms with Crippen LogP contribution in [0.2, 0.25) is 0 Å². The lowest BCUT2D eigenvalue weighted by molar-refractivity contribution is -0.119. The summed E-state index contributed by atoms with van der Waals surface area (Å²) >= 11 is 0. The number of likely N-dealkylation sites (tertiary alicyclic amines) is 1. The first-order chi connectivity index (χ1) is 22.3. The molecule has 3 aliphatic heterocycles. The zero-order chi connectivity index (χ0) is 31.7. The number of piperidine rings is 1. The molecule has 0 bridgehead atoms. The van der Waals surface area contributed by atoms with Crippen molar-refractivity contribution in [2.75, 3.05) is 68.8 Å². The standard InChI is InChI=1S/C34H41N9O3/c1-23(20-41-10-4-11-41)32(45)40-34(2)9-3-12-43(21-34)33-35-18-26(19-36-33)29(44)25-7-5-24(6-8-25)28-17-27-30(39-28)37-22-38-31(27)42-13-15-46-16-14-42/h5-8,17-19,22,29,44H,1,3-4,9-16,20-21H2,2H3,(H,40,45)(H,37,38,39)/t29?,34-/m1/s1. The summed E-state index contributed by atoms with van der Waals surface area (Å²) < 4.78 is 5.50. The van der Waals surface area contributed by atoms with E-state index in [1.807, 2.05) is 24.3 Å². The summed E-state index contributed by atoms with van der Waals surface area (Å²) in [5, 5.41) is 15.4. The van der Waals surface area contributed by atoms with Gasteiger partial charge < -0.3 is 29.9 Å². The molecule has 0 saturated carbocycles. The molecule has 12 nitrogen and oxygen atoms in total. The average Bonchev–Trinajstić information content (AvgIpc) is 3.51. The lowest BCUT2D eigenvalue weighted by Gasteiger charge is -2.41. The second-order valence-electron chi connectivity index (χ2n) is 12.9. The van der Waals surface area contributed by atoms with Crippen LogP contribution in [0, 0.1) is 0 Å². The van der Waals surface area contributed by atoms with Crippen molar-refractivity contribution in [3.8, 4) is 11.3 Å². The third-order valence-corrected chi connectivity index (χ3v) is 9.31. The van der Waals surface area contributed by atoms with E-state index < -0.39 is 11.6 Å². The fourth-order valence-corrected chi connectivity index (χ4v) is 6.54. The summed E-state index contributed by atoms with van der Waals surface area (Å²) in [6.07, 6.45) is 7.06. The van der Waals surface area contributed by atoms with Crippen molar-refractivity contribution < 1.29 is 14.6 Å². The topological polar surface area (TPSA) is 136 Å². The largest absolute Gasteiger partial charge is 0.384 e.